The maximum atomic E-state index is 14.5. The summed E-state index contributed by atoms with van der Waals surface area (Å²) >= 11 is 0. The number of hydrogen-bond acceptors (Lipinski definition) is 4. The number of ether oxygens (including phenoxy) is 1. The molecule has 0 N–H and O–H groups in total. The third kappa shape index (κ3) is 4.07. The van der Waals surface area contributed by atoms with Crippen molar-refractivity contribution in [3.8, 4) is 33.5 Å². The highest BCUT2D eigenvalue weighted by atomic mass is 16.6. The maximum absolute atomic E-state index is 14.5. The number of nitrogens with zero attached hydrogens (tertiary/aromatic N) is 3. The highest BCUT2D eigenvalue weighted by Crippen LogP contribution is 2.58. The first kappa shape index (κ1) is 29.4. The Bertz CT molecular complexity index is 2620. The number of aromatic nitrogens is 2. The number of nitro groups is 1. The van der Waals surface area contributed by atoms with Gasteiger partial charge in [0.15, 0.2) is 0 Å². The van der Waals surface area contributed by atoms with Crippen LogP contribution in [-0.4, -0.2) is 19.9 Å². The van der Waals surface area contributed by atoms with Gasteiger partial charge in [0.05, 0.1) is 21.8 Å². The molecule has 0 aliphatic carbocycles. The SMILES string of the molecule is Cn1c(-c2ccccc2)c(C2(c3c(-c4ccccc4)c(-c4ccccc4)c4ccccn34)OC(=O)c3c([N+](=O)[O-])cccc32)c2ccccc21. The largest absolute Gasteiger partial charge is 0.439 e. The van der Waals surface area contributed by atoms with E-state index in [0.717, 1.165) is 55.5 Å². The Hall–Kier alpha value is -6.73. The van der Waals surface area contributed by atoms with Crippen molar-refractivity contribution in [1.29, 1.82) is 0 Å². The summed E-state index contributed by atoms with van der Waals surface area (Å²) in [5.41, 5.74) is 7.19. The lowest BCUT2D eigenvalue weighted by Crippen LogP contribution is -2.32. The van der Waals surface area contributed by atoms with E-state index in [0.29, 0.717) is 11.3 Å². The lowest BCUT2D eigenvalue weighted by molar-refractivity contribution is -0.385. The van der Waals surface area contributed by atoms with E-state index in [1.54, 1.807) is 6.07 Å². The summed E-state index contributed by atoms with van der Waals surface area (Å²) < 4.78 is 11.1. The predicted octanol–water partition coefficient (Wildman–Crippen LogP) is 9.80. The summed E-state index contributed by atoms with van der Waals surface area (Å²) in [7, 11) is 2.01. The van der Waals surface area contributed by atoms with Crippen molar-refractivity contribution >= 4 is 28.1 Å². The molecule has 1 atom stereocenters. The number of hydrogen-bond donors (Lipinski definition) is 0. The Kier molecular flexibility index (Phi) is 6.57. The zero-order valence-corrected chi connectivity index (χ0v) is 27.0. The zero-order chi connectivity index (χ0) is 34.0. The molecule has 0 bridgehead atoms. The molecule has 7 heteroatoms. The summed E-state index contributed by atoms with van der Waals surface area (Å²) in [5.74, 6) is -0.745. The predicted molar refractivity (Wildman–Crippen MR) is 195 cm³/mol. The summed E-state index contributed by atoms with van der Waals surface area (Å²) in [6.45, 7) is 0. The molecule has 0 radical (unpaired) electrons. The van der Waals surface area contributed by atoms with Crippen LogP contribution in [0.4, 0.5) is 5.69 Å². The fraction of sp³-hybridized carbons (Fsp3) is 0.0465. The van der Waals surface area contributed by atoms with Gasteiger partial charge in [-0.3, -0.25) is 10.1 Å². The second kappa shape index (κ2) is 11.2. The average molecular weight is 652 g/mol. The summed E-state index contributed by atoms with van der Waals surface area (Å²) in [6, 6.07) is 49.2. The summed E-state index contributed by atoms with van der Waals surface area (Å²) in [6.07, 6.45) is 1.99. The molecule has 0 saturated carbocycles. The molecule has 8 aromatic rings. The van der Waals surface area contributed by atoms with Gasteiger partial charge in [0.25, 0.3) is 5.69 Å². The van der Waals surface area contributed by atoms with Gasteiger partial charge in [-0.05, 0) is 34.9 Å². The van der Waals surface area contributed by atoms with Crippen LogP contribution >= 0.6 is 0 Å². The molecule has 0 spiro atoms. The standard InChI is InChI=1S/C43H29N3O4/c1-44-33-24-12-11-22-31(33)39(40(44)30-20-9-4-10-21-30)43(32-23-15-26-35(46(48)49)38(32)42(47)50-43)41-37(29-18-7-3-8-19-29)36(28-16-5-2-6-17-28)34-25-13-14-27-45(34)41/h2-27H,1H3. The molecular weight excluding hydrogens is 622 g/mol. The second-order valence-corrected chi connectivity index (χ2v) is 12.5. The van der Waals surface area contributed by atoms with Crippen molar-refractivity contribution in [3.05, 3.63) is 190 Å². The fourth-order valence-electron chi connectivity index (χ4n) is 7.95. The number of aryl methyl sites for hydroxylation is 1. The molecular formula is C43H29N3O4. The van der Waals surface area contributed by atoms with Gasteiger partial charge in [0, 0.05) is 52.5 Å². The molecule has 50 heavy (non-hydrogen) atoms. The first-order chi connectivity index (χ1) is 24.5. The van der Waals surface area contributed by atoms with Crippen molar-refractivity contribution in [1.82, 2.24) is 8.97 Å². The third-order valence-corrected chi connectivity index (χ3v) is 9.88. The van der Waals surface area contributed by atoms with Crippen LogP contribution in [0.3, 0.4) is 0 Å². The number of carbonyl (C=O) groups is 1. The third-order valence-electron chi connectivity index (χ3n) is 9.88. The van der Waals surface area contributed by atoms with E-state index < -0.39 is 16.5 Å². The number of para-hydroxylation sites is 1. The van der Waals surface area contributed by atoms with Gasteiger partial charge in [0.2, 0.25) is 5.60 Å². The van der Waals surface area contributed by atoms with Gasteiger partial charge < -0.3 is 13.7 Å². The van der Waals surface area contributed by atoms with Gasteiger partial charge in [-0.25, -0.2) is 4.79 Å². The van der Waals surface area contributed by atoms with Crippen molar-refractivity contribution < 1.29 is 14.5 Å². The molecule has 0 fully saturated rings. The van der Waals surface area contributed by atoms with E-state index in [1.807, 2.05) is 122 Å². The van der Waals surface area contributed by atoms with Crippen LogP contribution in [0.25, 0.3) is 49.9 Å². The first-order valence-electron chi connectivity index (χ1n) is 16.4. The van der Waals surface area contributed by atoms with E-state index >= 15 is 0 Å². The topological polar surface area (TPSA) is 78.8 Å². The number of nitro benzene ring substituents is 1. The molecule has 9 rings (SSSR count). The van der Waals surface area contributed by atoms with Crippen molar-refractivity contribution in [3.63, 3.8) is 0 Å². The second-order valence-electron chi connectivity index (χ2n) is 12.5. The fourth-order valence-corrected chi connectivity index (χ4v) is 7.95. The Labute approximate surface area is 287 Å². The van der Waals surface area contributed by atoms with Crippen LogP contribution in [0.2, 0.25) is 0 Å². The Morgan fingerprint density at radius 1 is 0.620 bits per heavy atom. The Morgan fingerprint density at radius 3 is 1.88 bits per heavy atom. The van der Waals surface area contributed by atoms with Gasteiger partial charge >= 0.3 is 5.97 Å². The van der Waals surface area contributed by atoms with E-state index in [4.69, 9.17) is 4.74 Å². The molecule has 4 heterocycles. The quantitative estimate of drug-likeness (QED) is 0.102. The highest BCUT2D eigenvalue weighted by Gasteiger charge is 2.57. The summed E-state index contributed by atoms with van der Waals surface area (Å²) in [4.78, 5) is 26.5. The number of carbonyl (C=O) groups excluding carboxylic acids is 1. The molecule has 240 valence electrons. The lowest BCUT2D eigenvalue weighted by atomic mass is 9.77. The van der Waals surface area contributed by atoms with Crippen LogP contribution in [0.5, 0.6) is 0 Å². The molecule has 3 aromatic heterocycles. The number of rotatable bonds is 6. The van der Waals surface area contributed by atoms with E-state index in [2.05, 4.69) is 39.3 Å². The van der Waals surface area contributed by atoms with Crippen molar-refractivity contribution in [2.75, 3.05) is 0 Å². The number of fused-ring (bicyclic) bond motifs is 3. The van der Waals surface area contributed by atoms with Crippen molar-refractivity contribution in [2.24, 2.45) is 7.05 Å². The van der Waals surface area contributed by atoms with E-state index in [-0.39, 0.29) is 11.3 Å². The van der Waals surface area contributed by atoms with Crippen LogP contribution in [0.15, 0.2) is 158 Å². The van der Waals surface area contributed by atoms with E-state index in [1.165, 1.54) is 6.07 Å². The lowest BCUT2D eigenvalue weighted by Gasteiger charge is -2.32. The molecule has 0 saturated heterocycles. The molecule has 7 nitrogen and oxygen atoms in total. The zero-order valence-electron chi connectivity index (χ0n) is 27.0. The highest BCUT2D eigenvalue weighted by molar-refractivity contribution is 6.06. The Morgan fingerprint density at radius 2 is 1.20 bits per heavy atom. The molecule has 1 aliphatic heterocycles. The monoisotopic (exact) mass is 651 g/mol. The average Bonchev–Trinajstić information content (AvgIpc) is 3.78. The minimum Gasteiger partial charge on any atom is -0.439 e. The number of esters is 1. The van der Waals surface area contributed by atoms with Gasteiger partial charge in [0.1, 0.15) is 5.56 Å². The van der Waals surface area contributed by atoms with Crippen LogP contribution in [0, 0.1) is 10.1 Å². The van der Waals surface area contributed by atoms with Gasteiger partial charge in [-0.1, -0.05) is 127 Å². The number of benzene rings is 5. The summed E-state index contributed by atoms with van der Waals surface area (Å²) in [5, 5.41) is 13.4. The molecule has 0 amide bonds. The van der Waals surface area contributed by atoms with Gasteiger partial charge in [-0.2, -0.15) is 0 Å². The number of pyridine rings is 1. The smallest absolute Gasteiger partial charge is 0.347 e. The number of cyclic esters (lactones) is 1. The van der Waals surface area contributed by atoms with E-state index in [9.17, 15) is 14.9 Å². The van der Waals surface area contributed by atoms with Crippen LogP contribution < -0.4 is 0 Å². The minimum atomic E-state index is -1.63. The van der Waals surface area contributed by atoms with Crippen molar-refractivity contribution in [2.45, 2.75) is 5.60 Å². The minimum absolute atomic E-state index is 0.0457. The first-order valence-corrected chi connectivity index (χ1v) is 16.4. The molecule has 1 unspecified atom stereocenters. The maximum Gasteiger partial charge on any atom is 0.347 e. The van der Waals surface area contributed by atoms with Crippen LogP contribution in [-0.2, 0) is 17.4 Å². The van der Waals surface area contributed by atoms with Gasteiger partial charge in [-0.15, -0.1) is 0 Å². The molecule has 5 aromatic carbocycles. The normalized spacial score (nSPS) is 15.3. The van der Waals surface area contributed by atoms with Crippen LogP contribution in [0.1, 0.15) is 27.2 Å². The Balaban J connectivity index is 1.57. The molecule has 1 aliphatic rings.